The lowest BCUT2D eigenvalue weighted by atomic mass is 9.93. The van der Waals surface area contributed by atoms with Crippen LogP contribution in [0.4, 0.5) is 5.82 Å². The minimum absolute atomic E-state index is 0.196. The lowest BCUT2D eigenvalue weighted by molar-refractivity contribution is 0.0957. The van der Waals surface area contributed by atoms with Crippen molar-refractivity contribution in [2.45, 2.75) is 19.4 Å². The van der Waals surface area contributed by atoms with E-state index >= 15 is 0 Å². The van der Waals surface area contributed by atoms with E-state index < -0.39 is 0 Å². The number of fused-ring (bicyclic) bond motifs is 1. The molecule has 3 heterocycles. The average Bonchev–Trinajstić information content (AvgIpc) is 3.06. The fraction of sp³-hybridized carbons (Fsp3) is 0.643. The molecule has 108 valence electrons. The summed E-state index contributed by atoms with van der Waals surface area (Å²) in [6.07, 6.45) is 1.11. The van der Waals surface area contributed by atoms with E-state index in [4.69, 9.17) is 0 Å². The molecule has 6 nitrogen and oxygen atoms in total. The SMILES string of the molecule is CCC1C2CNCC2CN1c1ccc(C(=O)NC)nn1. The van der Waals surface area contributed by atoms with E-state index in [1.54, 1.807) is 13.1 Å². The number of nitrogens with zero attached hydrogens (tertiary/aromatic N) is 3. The molecule has 6 heteroatoms. The van der Waals surface area contributed by atoms with Crippen LogP contribution in [0.15, 0.2) is 12.1 Å². The second-order valence-corrected chi connectivity index (χ2v) is 5.57. The van der Waals surface area contributed by atoms with Gasteiger partial charge in [0, 0.05) is 32.7 Å². The normalized spacial score (nSPS) is 28.5. The van der Waals surface area contributed by atoms with Crippen molar-refractivity contribution in [1.82, 2.24) is 20.8 Å². The Hall–Kier alpha value is -1.69. The van der Waals surface area contributed by atoms with E-state index in [2.05, 4.69) is 32.7 Å². The molecule has 1 amide bonds. The van der Waals surface area contributed by atoms with E-state index in [0.717, 1.165) is 31.9 Å². The van der Waals surface area contributed by atoms with E-state index in [9.17, 15) is 4.79 Å². The number of hydrogen-bond acceptors (Lipinski definition) is 5. The third-order valence-electron chi connectivity index (χ3n) is 4.54. The standard InChI is InChI=1S/C14H21N5O/c1-3-12-10-7-16-6-9(10)8-19(12)13-5-4-11(17-18-13)14(20)15-2/h4-5,9-10,12,16H,3,6-8H2,1-2H3,(H,15,20). The number of aromatic nitrogens is 2. The summed E-state index contributed by atoms with van der Waals surface area (Å²) >= 11 is 0. The first-order valence-electron chi connectivity index (χ1n) is 7.27. The third kappa shape index (κ3) is 2.14. The summed E-state index contributed by atoms with van der Waals surface area (Å²) in [6, 6.07) is 4.18. The number of amides is 1. The van der Waals surface area contributed by atoms with Gasteiger partial charge in [0.05, 0.1) is 0 Å². The Kier molecular flexibility index (Phi) is 3.56. The molecule has 1 aromatic heterocycles. The van der Waals surface area contributed by atoms with Gasteiger partial charge in [0.2, 0.25) is 0 Å². The highest BCUT2D eigenvalue weighted by atomic mass is 16.1. The predicted octanol–water partition coefficient (Wildman–Crippen LogP) is 0.270. The Morgan fingerprint density at radius 2 is 2.30 bits per heavy atom. The molecule has 0 aromatic carbocycles. The Morgan fingerprint density at radius 1 is 1.45 bits per heavy atom. The van der Waals surface area contributed by atoms with Crippen molar-refractivity contribution in [2.75, 3.05) is 31.6 Å². The highest BCUT2D eigenvalue weighted by Crippen LogP contribution is 2.36. The molecule has 2 N–H and O–H groups in total. The van der Waals surface area contributed by atoms with Crippen LogP contribution in [-0.2, 0) is 0 Å². The predicted molar refractivity (Wildman–Crippen MR) is 76.7 cm³/mol. The van der Waals surface area contributed by atoms with Gasteiger partial charge >= 0.3 is 0 Å². The van der Waals surface area contributed by atoms with Crippen LogP contribution in [0.5, 0.6) is 0 Å². The van der Waals surface area contributed by atoms with Gasteiger partial charge in [-0.3, -0.25) is 4.79 Å². The van der Waals surface area contributed by atoms with Gasteiger partial charge < -0.3 is 15.5 Å². The lowest BCUT2D eigenvalue weighted by Gasteiger charge is -2.27. The molecule has 3 rings (SSSR count). The monoisotopic (exact) mass is 275 g/mol. The maximum atomic E-state index is 11.5. The summed E-state index contributed by atoms with van der Waals surface area (Å²) in [4.78, 5) is 13.8. The maximum Gasteiger partial charge on any atom is 0.271 e. The van der Waals surface area contributed by atoms with Gasteiger partial charge in [-0.15, -0.1) is 10.2 Å². The smallest absolute Gasteiger partial charge is 0.271 e. The lowest BCUT2D eigenvalue weighted by Crippen LogP contribution is -2.35. The van der Waals surface area contributed by atoms with Crippen molar-refractivity contribution in [3.63, 3.8) is 0 Å². The largest absolute Gasteiger partial charge is 0.354 e. The molecule has 20 heavy (non-hydrogen) atoms. The van der Waals surface area contributed by atoms with Crippen molar-refractivity contribution in [2.24, 2.45) is 11.8 Å². The van der Waals surface area contributed by atoms with Gasteiger partial charge in [0.25, 0.3) is 5.91 Å². The molecule has 1 aromatic rings. The summed E-state index contributed by atoms with van der Waals surface area (Å²) in [6.45, 7) is 5.46. The summed E-state index contributed by atoms with van der Waals surface area (Å²) < 4.78 is 0. The van der Waals surface area contributed by atoms with Crippen LogP contribution in [-0.4, -0.2) is 48.8 Å². The van der Waals surface area contributed by atoms with Gasteiger partial charge in [0.15, 0.2) is 11.5 Å². The van der Waals surface area contributed by atoms with Crippen LogP contribution in [0, 0.1) is 11.8 Å². The Bertz CT molecular complexity index is 489. The van der Waals surface area contributed by atoms with Gasteiger partial charge in [0.1, 0.15) is 0 Å². The quantitative estimate of drug-likeness (QED) is 0.828. The maximum absolute atomic E-state index is 11.5. The van der Waals surface area contributed by atoms with Crippen LogP contribution < -0.4 is 15.5 Å². The molecule has 3 unspecified atom stereocenters. The van der Waals surface area contributed by atoms with Crippen molar-refractivity contribution < 1.29 is 4.79 Å². The molecular weight excluding hydrogens is 254 g/mol. The van der Waals surface area contributed by atoms with Crippen LogP contribution in [0.3, 0.4) is 0 Å². The molecule has 0 saturated carbocycles. The Morgan fingerprint density at radius 3 is 2.95 bits per heavy atom. The zero-order valence-corrected chi connectivity index (χ0v) is 12.0. The molecule has 3 atom stereocenters. The molecule has 2 saturated heterocycles. The number of anilines is 1. The first kappa shape index (κ1) is 13.3. The second-order valence-electron chi connectivity index (χ2n) is 5.57. The minimum atomic E-state index is -0.196. The van der Waals surface area contributed by atoms with Crippen molar-refractivity contribution in [3.05, 3.63) is 17.8 Å². The molecule has 2 fully saturated rings. The van der Waals surface area contributed by atoms with Crippen molar-refractivity contribution in [1.29, 1.82) is 0 Å². The van der Waals surface area contributed by atoms with Crippen molar-refractivity contribution in [3.8, 4) is 0 Å². The summed E-state index contributed by atoms with van der Waals surface area (Å²) in [5.41, 5.74) is 0.366. The van der Waals surface area contributed by atoms with Crippen molar-refractivity contribution >= 4 is 11.7 Å². The topological polar surface area (TPSA) is 70.2 Å². The molecular formula is C14H21N5O. The zero-order valence-electron chi connectivity index (χ0n) is 12.0. The second kappa shape index (κ2) is 5.36. The van der Waals surface area contributed by atoms with E-state index in [1.807, 2.05) is 6.07 Å². The average molecular weight is 275 g/mol. The van der Waals surface area contributed by atoms with Crippen LogP contribution in [0.25, 0.3) is 0 Å². The molecule has 2 aliphatic rings. The van der Waals surface area contributed by atoms with E-state index in [1.165, 1.54) is 0 Å². The Balaban J connectivity index is 1.80. The van der Waals surface area contributed by atoms with Gasteiger partial charge in [-0.25, -0.2) is 0 Å². The number of hydrogen-bond donors (Lipinski definition) is 2. The molecule has 2 aliphatic heterocycles. The zero-order chi connectivity index (χ0) is 14.1. The summed E-state index contributed by atoms with van der Waals surface area (Å²) in [5.74, 6) is 2.11. The highest BCUT2D eigenvalue weighted by molar-refractivity contribution is 5.91. The minimum Gasteiger partial charge on any atom is -0.354 e. The molecule has 0 radical (unpaired) electrons. The fourth-order valence-corrected chi connectivity index (χ4v) is 3.54. The van der Waals surface area contributed by atoms with Gasteiger partial charge in [-0.1, -0.05) is 6.92 Å². The van der Waals surface area contributed by atoms with Gasteiger partial charge in [-0.2, -0.15) is 0 Å². The third-order valence-corrected chi connectivity index (χ3v) is 4.54. The highest BCUT2D eigenvalue weighted by Gasteiger charge is 2.43. The Labute approximate surface area is 118 Å². The number of nitrogens with one attached hydrogen (secondary N) is 2. The van der Waals surface area contributed by atoms with Gasteiger partial charge in [-0.05, 0) is 30.4 Å². The number of rotatable bonds is 3. The number of carbonyl (C=O) groups is 1. The summed E-state index contributed by atoms with van der Waals surface area (Å²) in [5, 5.41) is 14.3. The first-order chi connectivity index (χ1) is 9.74. The van der Waals surface area contributed by atoms with E-state index in [-0.39, 0.29) is 5.91 Å². The van der Waals surface area contributed by atoms with Crippen LogP contribution >= 0.6 is 0 Å². The molecule has 0 bridgehead atoms. The van der Waals surface area contributed by atoms with Crippen LogP contribution in [0.2, 0.25) is 0 Å². The fourth-order valence-electron chi connectivity index (χ4n) is 3.54. The van der Waals surface area contributed by atoms with E-state index in [0.29, 0.717) is 23.6 Å². The summed E-state index contributed by atoms with van der Waals surface area (Å²) in [7, 11) is 1.60. The van der Waals surface area contributed by atoms with Crippen LogP contribution in [0.1, 0.15) is 23.8 Å². The molecule has 0 aliphatic carbocycles. The number of carbonyl (C=O) groups excluding carboxylic acids is 1. The molecule has 0 spiro atoms. The first-order valence-corrected chi connectivity index (χ1v) is 7.27.